The Morgan fingerprint density at radius 1 is 1.29 bits per heavy atom. The van der Waals surface area contributed by atoms with Crippen LogP contribution in [0.2, 0.25) is 0 Å². The molecule has 1 aromatic heterocycles. The number of H-pyrrole nitrogens is 1. The normalized spacial score (nSPS) is 11.6. The third kappa shape index (κ3) is 2.34. The van der Waals surface area contributed by atoms with Gasteiger partial charge in [0.15, 0.2) is 15.7 Å². The van der Waals surface area contributed by atoms with Crippen molar-refractivity contribution in [2.75, 3.05) is 12.0 Å². The first-order valence-corrected chi connectivity index (χ1v) is 7.38. The number of rotatable bonds is 2. The Bertz CT molecular complexity index is 647. The molecule has 7 heteroatoms. The lowest BCUT2D eigenvalue weighted by molar-refractivity contribution is 0.602. The molecule has 0 bridgehead atoms. The van der Waals surface area contributed by atoms with Gasteiger partial charge in [-0.3, -0.25) is 5.10 Å². The van der Waals surface area contributed by atoms with Crippen molar-refractivity contribution in [2.45, 2.75) is 4.90 Å². The molecule has 0 saturated heterocycles. The topological polar surface area (TPSA) is 88.8 Å². The second kappa shape index (κ2) is 4.15. The van der Waals surface area contributed by atoms with Gasteiger partial charge in [-0.05, 0) is 28.1 Å². The van der Waals surface area contributed by atoms with Crippen LogP contribution in [0.4, 0.5) is 5.82 Å². The minimum Gasteiger partial charge on any atom is -0.381 e. The van der Waals surface area contributed by atoms with Gasteiger partial charge in [0, 0.05) is 11.8 Å². The van der Waals surface area contributed by atoms with Crippen LogP contribution >= 0.6 is 15.9 Å². The molecule has 90 valence electrons. The molecule has 0 spiro atoms. The molecular formula is C10H10BrN3O2S. The fourth-order valence-corrected chi connectivity index (χ4v) is 2.44. The number of anilines is 1. The van der Waals surface area contributed by atoms with Crippen LogP contribution < -0.4 is 5.73 Å². The van der Waals surface area contributed by atoms with E-state index in [4.69, 9.17) is 5.73 Å². The summed E-state index contributed by atoms with van der Waals surface area (Å²) in [5, 5.41) is 6.63. The van der Waals surface area contributed by atoms with Crippen LogP contribution in [0, 0.1) is 0 Å². The Balaban J connectivity index is 2.46. The van der Waals surface area contributed by atoms with E-state index in [1.807, 2.05) is 0 Å². The monoisotopic (exact) mass is 315 g/mol. The summed E-state index contributed by atoms with van der Waals surface area (Å²) in [6, 6.07) is 6.50. The van der Waals surface area contributed by atoms with Crippen LogP contribution in [0.1, 0.15) is 0 Å². The van der Waals surface area contributed by atoms with E-state index in [1.54, 1.807) is 24.3 Å². The van der Waals surface area contributed by atoms with E-state index in [-0.39, 0.29) is 4.90 Å². The standard InChI is InChI=1S/C10H10BrN3O2S/c1-17(15,16)7-4-2-6(3-5-7)9-8(11)10(12)14-13-9/h2-5H,1H3,(H3,12,13,14). The largest absolute Gasteiger partial charge is 0.381 e. The van der Waals surface area contributed by atoms with Gasteiger partial charge in [-0.2, -0.15) is 5.10 Å². The zero-order valence-electron chi connectivity index (χ0n) is 8.94. The number of halogens is 1. The fourth-order valence-electron chi connectivity index (χ4n) is 1.40. The van der Waals surface area contributed by atoms with Gasteiger partial charge in [-0.1, -0.05) is 12.1 Å². The lowest BCUT2D eigenvalue weighted by Gasteiger charge is -2.01. The smallest absolute Gasteiger partial charge is 0.175 e. The molecule has 1 heterocycles. The summed E-state index contributed by atoms with van der Waals surface area (Å²) in [6.07, 6.45) is 1.17. The molecule has 0 atom stereocenters. The van der Waals surface area contributed by atoms with Crippen LogP contribution in [-0.4, -0.2) is 24.9 Å². The molecule has 0 radical (unpaired) electrons. The number of nitrogens with zero attached hydrogens (tertiary/aromatic N) is 1. The van der Waals surface area contributed by atoms with Crippen LogP contribution in [0.5, 0.6) is 0 Å². The third-order valence-corrected chi connectivity index (χ3v) is 4.23. The minimum atomic E-state index is -3.17. The molecule has 2 rings (SSSR count). The van der Waals surface area contributed by atoms with Crippen LogP contribution in [0.3, 0.4) is 0 Å². The number of hydrogen-bond acceptors (Lipinski definition) is 4. The molecule has 5 nitrogen and oxygen atoms in total. The highest BCUT2D eigenvalue weighted by Crippen LogP contribution is 2.30. The highest BCUT2D eigenvalue weighted by molar-refractivity contribution is 9.10. The molecule has 0 aliphatic rings. The molecule has 0 saturated carbocycles. The molecule has 2 aromatic rings. The molecule has 0 unspecified atom stereocenters. The summed E-state index contributed by atoms with van der Waals surface area (Å²) >= 11 is 3.31. The number of aromatic amines is 1. The maximum atomic E-state index is 11.3. The predicted molar refractivity (Wildman–Crippen MR) is 69.2 cm³/mol. The van der Waals surface area contributed by atoms with Crippen molar-refractivity contribution >= 4 is 31.6 Å². The first-order valence-electron chi connectivity index (χ1n) is 4.69. The van der Waals surface area contributed by atoms with Gasteiger partial charge in [0.25, 0.3) is 0 Å². The van der Waals surface area contributed by atoms with E-state index in [1.165, 1.54) is 6.26 Å². The van der Waals surface area contributed by atoms with Gasteiger partial charge in [-0.25, -0.2) is 8.42 Å². The van der Waals surface area contributed by atoms with Crippen LogP contribution in [0.15, 0.2) is 33.6 Å². The molecule has 0 amide bonds. The number of nitrogen functional groups attached to an aromatic ring is 1. The number of nitrogens with one attached hydrogen (secondary N) is 1. The van der Waals surface area contributed by atoms with Gasteiger partial charge < -0.3 is 5.73 Å². The average molecular weight is 316 g/mol. The molecule has 17 heavy (non-hydrogen) atoms. The summed E-state index contributed by atoms with van der Waals surface area (Å²) in [7, 11) is -3.17. The van der Waals surface area contributed by atoms with Crippen molar-refractivity contribution in [2.24, 2.45) is 0 Å². The van der Waals surface area contributed by atoms with Crippen molar-refractivity contribution in [1.29, 1.82) is 0 Å². The molecular weight excluding hydrogens is 306 g/mol. The Morgan fingerprint density at radius 2 is 1.88 bits per heavy atom. The zero-order chi connectivity index (χ0) is 12.6. The number of aromatic nitrogens is 2. The van der Waals surface area contributed by atoms with E-state index in [2.05, 4.69) is 26.1 Å². The quantitative estimate of drug-likeness (QED) is 0.884. The molecule has 3 N–H and O–H groups in total. The second-order valence-electron chi connectivity index (χ2n) is 3.59. The number of hydrogen-bond donors (Lipinski definition) is 2. The lowest BCUT2D eigenvalue weighted by atomic mass is 10.1. The lowest BCUT2D eigenvalue weighted by Crippen LogP contribution is -1.96. The van der Waals surface area contributed by atoms with Crippen molar-refractivity contribution in [3.63, 3.8) is 0 Å². The fraction of sp³-hybridized carbons (Fsp3) is 0.100. The summed E-state index contributed by atoms with van der Waals surface area (Å²) in [5.41, 5.74) is 7.13. The Morgan fingerprint density at radius 3 is 2.29 bits per heavy atom. The maximum absolute atomic E-state index is 11.3. The van der Waals surface area contributed by atoms with Gasteiger partial charge in [0.05, 0.1) is 15.1 Å². The third-order valence-electron chi connectivity index (χ3n) is 2.30. The molecule has 1 aromatic carbocycles. The van der Waals surface area contributed by atoms with Crippen molar-refractivity contribution in [1.82, 2.24) is 10.2 Å². The molecule has 0 aliphatic carbocycles. The number of benzene rings is 1. The van der Waals surface area contributed by atoms with Gasteiger partial charge in [0.1, 0.15) is 0 Å². The highest BCUT2D eigenvalue weighted by atomic mass is 79.9. The summed E-state index contributed by atoms with van der Waals surface area (Å²) in [4.78, 5) is 0.282. The summed E-state index contributed by atoms with van der Waals surface area (Å²) < 4.78 is 23.3. The Hall–Kier alpha value is -1.34. The summed E-state index contributed by atoms with van der Waals surface area (Å²) in [5.74, 6) is 0.368. The van der Waals surface area contributed by atoms with Crippen LogP contribution in [-0.2, 0) is 9.84 Å². The molecule has 0 fully saturated rings. The van der Waals surface area contributed by atoms with Gasteiger partial charge in [0.2, 0.25) is 0 Å². The Kier molecular flexibility index (Phi) is 2.96. The zero-order valence-corrected chi connectivity index (χ0v) is 11.3. The van der Waals surface area contributed by atoms with Crippen molar-refractivity contribution in [3.05, 3.63) is 28.7 Å². The first-order chi connectivity index (χ1) is 7.89. The van der Waals surface area contributed by atoms with E-state index in [0.29, 0.717) is 10.3 Å². The first kappa shape index (κ1) is 12.1. The average Bonchev–Trinajstić information content (AvgIpc) is 2.59. The van der Waals surface area contributed by atoms with Crippen molar-refractivity contribution in [3.8, 4) is 11.3 Å². The van der Waals surface area contributed by atoms with Gasteiger partial charge >= 0.3 is 0 Å². The van der Waals surface area contributed by atoms with E-state index in [9.17, 15) is 8.42 Å². The van der Waals surface area contributed by atoms with E-state index >= 15 is 0 Å². The minimum absolute atomic E-state index is 0.282. The van der Waals surface area contributed by atoms with E-state index < -0.39 is 9.84 Å². The molecule has 0 aliphatic heterocycles. The second-order valence-corrected chi connectivity index (χ2v) is 6.40. The highest BCUT2D eigenvalue weighted by Gasteiger charge is 2.11. The van der Waals surface area contributed by atoms with E-state index in [0.717, 1.165) is 11.3 Å². The Labute approximate surface area is 107 Å². The van der Waals surface area contributed by atoms with Gasteiger partial charge in [-0.15, -0.1) is 0 Å². The number of sulfone groups is 1. The SMILES string of the molecule is CS(=O)(=O)c1ccc(-c2[nH]nc(N)c2Br)cc1. The summed E-state index contributed by atoms with van der Waals surface area (Å²) in [6.45, 7) is 0. The van der Waals surface area contributed by atoms with Crippen LogP contribution in [0.25, 0.3) is 11.3 Å². The number of nitrogens with two attached hydrogens (primary N) is 1. The maximum Gasteiger partial charge on any atom is 0.175 e. The van der Waals surface area contributed by atoms with Crippen molar-refractivity contribution < 1.29 is 8.42 Å². The predicted octanol–water partition coefficient (Wildman–Crippen LogP) is 1.82.